The van der Waals surface area contributed by atoms with Crippen molar-refractivity contribution in [1.82, 2.24) is 14.0 Å². The molecule has 0 radical (unpaired) electrons. The molecule has 0 bridgehead atoms. The fourth-order valence-corrected chi connectivity index (χ4v) is 2.51. The zero-order chi connectivity index (χ0) is 18.4. The topological polar surface area (TPSA) is 56.5 Å². The molecule has 1 heterocycles. The third-order valence-corrected chi connectivity index (χ3v) is 4.15. The molecule has 0 atom stereocenters. The van der Waals surface area contributed by atoms with Gasteiger partial charge in [-0.3, -0.25) is 9.36 Å². The van der Waals surface area contributed by atoms with Crippen LogP contribution < -0.4 is 16.0 Å². The van der Waals surface area contributed by atoms with Crippen molar-refractivity contribution < 1.29 is 9.13 Å². The van der Waals surface area contributed by atoms with Gasteiger partial charge in [-0.1, -0.05) is 0 Å². The predicted octanol–water partition coefficient (Wildman–Crippen LogP) is 1.17. The van der Waals surface area contributed by atoms with Crippen molar-refractivity contribution in [2.24, 2.45) is 14.1 Å². The first-order valence-corrected chi connectivity index (χ1v) is 8.21. The minimum Gasteiger partial charge on any atom is -0.492 e. The molecule has 0 N–H and O–H groups in total. The largest absolute Gasteiger partial charge is 0.492 e. The summed E-state index contributed by atoms with van der Waals surface area (Å²) in [5.74, 6) is 0.361. The van der Waals surface area contributed by atoms with Gasteiger partial charge in [-0.15, -0.1) is 0 Å². The van der Waals surface area contributed by atoms with Crippen molar-refractivity contribution in [3.63, 3.8) is 0 Å². The lowest BCUT2D eigenvalue weighted by Gasteiger charge is -2.17. The maximum atomic E-state index is 12.8. The number of halogens is 1. The van der Waals surface area contributed by atoms with E-state index in [0.29, 0.717) is 18.8 Å². The highest BCUT2D eigenvalue weighted by Gasteiger charge is 2.06. The molecular formula is C18H24FN3O3. The first-order valence-electron chi connectivity index (χ1n) is 8.21. The van der Waals surface area contributed by atoms with Crippen molar-refractivity contribution in [2.75, 3.05) is 26.7 Å². The first kappa shape index (κ1) is 18.9. The number of benzene rings is 1. The van der Waals surface area contributed by atoms with E-state index in [9.17, 15) is 14.0 Å². The molecule has 6 nitrogen and oxygen atoms in total. The van der Waals surface area contributed by atoms with Gasteiger partial charge < -0.3 is 14.2 Å². The lowest BCUT2D eigenvalue weighted by Crippen LogP contribution is -2.38. The molecule has 2 rings (SSSR count). The summed E-state index contributed by atoms with van der Waals surface area (Å²) in [6.45, 7) is 2.05. The van der Waals surface area contributed by atoms with Crippen LogP contribution in [-0.4, -0.2) is 40.8 Å². The summed E-state index contributed by atoms with van der Waals surface area (Å²) < 4.78 is 21.0. The minimum absolute atomic E-state index is 0.279. The normalized spacial score (nSPS) is 11.1. The zero-order valence-electron chi connectivity index (χ0n) is 14.9. The molecule has 2 aromatic rings. The number of likely N-dealkylation sites (N-methyl/N-ethyl adjacent to an activating group) is 1. The number of hydrogen-bond donors (Lipinski definition) is 0. The van der Waals surface area contributed by atoms with Crippen LogP contribution in [0.4, 0.5) is 4.39 Å². The molecule has 1 aromatic carbocycles. The Labute approximate surface area is 146 Å². The van der Waals surface area contributed by atoms with E-state index in [-0.39, 0.29) is 17.1 Å². The summed E-state index contributed by atoms with van der Waals surface area (Å²) in [5.41, 5.74) is 0.159. The molecule has 1 aromatic heterocycles. The highest BCUT2D eigenvalue weighted by molar-refractivity contribution is 5.21. The van der Waals surface area contributed by atoms with Crippen LogP contribution in [0, 0.1) is 5.82 Å². The summed E-state index contributed by atoms with van der Waals surface area (Å²) in [4.78, 5) is 25.7. The summed E-state index contributed by atoms with van der Waals surface area (Å²) in [5, 5.41) is 0. The Balaban J connectivity index is 1.75. The number of hydrogen-bond acceptors (Lipinski definition) is 4. The van der Waals surface area contributed by atoms with Gasteiger partial charge in [0.1, 0.15) is 18.2 Å². The van der Waals surface area contributed by atoms with Crippen LogP contribution in [-0.2, 0) is 20.5 Å². The molecule has 7 heteroatoms. The number of aromatic nitrogens is 2. The molecule has 0 unspecified atom stereocenters. The van der Waals surface area contributed by atoms with Crippen molar-refractivity contribution in [3.05, 3.63) is 62.7 Å². The molecule has 0 aliphatic heterocycles. The second-order valence-corrected chi connectivity index (χ2v) is 6.08. The van der Waals surface area contributed by atoms with Gasteiger partial charge in [-0.2, -0.15) is 0 Å². The Morgan fingerprint density at radius 1 is 1.08 bits per heavy atom. The minimum atomic E-state index is -0.302. The Kier molecular flexibility index (Phi) is 6.52. The van der Waals surface area contributed by atoms with E-state index in [0.717, 1.165) is 29.8 Å². The fourth-order valence-electron chi connectivity index (χ4n) is 2.51. The fraction of sp³-hybridized carbons (Fsp3) is 0.444. The average Bonchev–Trinajstić information content (AvgIpc) is 2.59. The number of rotatable bonds is 8. The standard InChI is InChI=1S/C18H24FN3O3/c1-20(11-12-25-16-8-6-14(19)7-9-16)10-4-5-15-13-17(23)22(3)18(24)21(15)2/h6-9,13H,4-5,10-12H2,1-3H3. The second kappa shape index (κ2) is 8.62. The number of ether oxygens (including phenoxy) is 1. The van der Waals surface area contributed by atoms with Crippen LogP contribution in [0.2, 0.25) is 0 Å². The van der Waals surface area contributed by atoms with Crippen molar-refractivity contribution >= 4 is 0 Å². The van der Waals surface area contributed by atoms with Crippen LogP contribution in [0.15, 0.2) is 39.9 Å². The van der Waals surface area contributed by atoms with E-state index >= 15 is 0 Å². The average molecular weight is 349 g/mol. The summed E-state index contributed by atoms with van der Waals surface area (Å²) >= 11 is 0. The molecular weight excluding hydrogens is 325 g/mol. The Bertz CT molecular complexity index is 812. The Hall–Kier alpha value is -2.41. The molecule has 0 aliphatic rings. The Morgan fingerprint density at radius 3 is 2.44 bits per heavy atom. The van der Waals surface area contributed by atoms with Crippen LogP contribution >= 0.6 is 0 Å². The summed E-state index contributed by atoms with van der Waals surface area (Å²) in [6, 6.07) is 7.46. The van der Waals surface area contributed by atoms with E-state index in [1.54, 1.807) is 19.2 Å². The SMILES string of the molecule is CN(CCCc1cc(=O)n(C)c(=O)n1C)CCOc1ccc(F)cc1. The highest BCUT2D eigenvalue weighted by Crippen LogP contribution is 2.10. The molecule has 0 amide bonds. The van der Waals surface area contributed by atoms with Gasteiger partial charge in [0.05, 0.1) is 0 Å². The van der Waals surface area contributed by atoms with Crippen LogP contribution in [0.3, 0.4) is 0 Å². The molecule has 136 valence electrons. The van der Waals surface area contributed by atoms with E-state index in [4.69, 9.17) is 4.74 Å². The third kappa shape index (κ3) is 5.29. The maximum Gasteiger partial charge on any atom is 0.330 e. The predicted molar refractivity (Wildman–Crippen MR) is 94.6 cm³/mol. The van der Waals surface area contributed by atoms with E-state index in [2.05, 4.69) is 4.90 Å². The molecule has 0 fully saturated rings. The van der Waals surface area contributed by atoms with Crippen LogP contribution in [0.1, 0.15) is 12.1 Å². The van der Waals surface area contributed by atoms with Gasteiger partial charge in [0.25, 0.3) is 5.56 Å². The van der Waals surface area contributed by atoms with Gasteiger partial charge in [-0.25, -0.2) is 9.18 Å². The molecule has 0 spiro atoms. The summed E-state index contributed by atoms with van der Waals surface area (Å²) in [7, 11) is 5.14. The maximum absolute atomic E-state index is 12.8. The van der Waals surface area contributed by atoms with E-state index < -0.39 is 0 Å². The smallest absolute Gasteiger partial charge is 0.330 e. The second-order valence-electron chi connectivity index (χ2n) is 6.08. The quantitative estimate of drug-likeness (QED) is 0.718. The first-order chi connectivity index (χ1) is 11.9. The van der Waals surface area contributed by atoms with Crippen molar-refractivity contribution in [2.45, 2.75) is 12.8 Å². The Morgan fingerprint density at radius 2 is 1.76 bits per heavy atom. The molecule has 0 aliphatic carbocycles. The molecule has 0 saturated heterocycles. The molecule has 0 saturated carbocycles. The van der Waals surface area contributed by atoms with Crippen molar-refractivity contribution in [3.8, 4) is 5.75 Å². The number of nitrogens with zero attached hydrogens (tertiary/aromatic N) is 3. The van der Waals surface area contributed by atoms with E-state index in [1.807, 2.05) is 7.05 Å². The summed E-state index contributed by atoms with van der Waals surface area (Å²) in [6.07, 6.45) is 1.48. The third-order valence-electron chi connectivity index (χ3n) is 4.15. The number of aryl methyl sites for hydroxylation is 1. The van der Waals surface area contributed by atoms with Crippen LogP contribution in [0.5, 0.6) is 5.75 Å². The van der Waals surface area contributed by atoms with Gasteiger partial charge in [-0.05, 0) is 50.7 Å². The van der Waals surface area contributed by atoms with Gasteiger partial charge in [0.2, 0.25) is 0 Å². The van der Waals surface area contributed by atoms with E-state index in [1.165, 1.54) is 29.8 Å². The monoisotopic (exact) mass is 349 g/mol. The zero-order valence-corrected chi connectivity index (χ0v) is 14.9. The molecule has 25 heavy (non-hydrogen) atoms. The van der Waals surface area contributed by atoms with Gasteiger partial charge in [0.15, 0.2) is 0 Å². The van der Waals surface area contributed by atoms with Gasteiger partial charge in [0, 0.05) is 32.4 Å². The lowest BCUT2D eigenvalue weighted by atomic mass is 10.2. The van der Waals surface area contributed by atoms with Crippen molar-refractivity contribution in [1.29, 1.82) is 0 Å². The van der Waals surface area contributed by atoms with Gasteiger partial charge >= 0.3 is 5.69 Å². The lowest BCUT2D eigenvalue weighted by molar-refractivity contribution is 0.235. The van der Waals surface area contributed by atoms with Crippen LogP contribution in [0.25, 0.3) is 0 Å². The highest BCUT2D eigenvalue weighted by atomic mass is 19.1.